The van der Waals surface area contributed by atoms with Crippen molar-refractivity contribution in [1.82, 2.24) is 0 Å². The Morgan fingerprint density at radius 3 is 0.471 bits per heavy atom. The van der Waals surface area contributed by atoms with Gasteiger partial charge in [0, 0.05) is 0 Å². The van der Waals surface area contributed by atoms with Gasteiger partial charge in [0.15, 0.2) is 0 Å². The van der Waals surface area contributed by atoms with Gasteiger partial charge in [-0.1, -0.05) is 0 Å². The van der Waals surface area contributed by atoms with Gasteiger partial charge in [0.2, 0.25) is 0 Å². The van der Waals surface area contributed by atoms with Gasteiger partial charge < -0.3 is 54.8 Å². The fourth-order valence-electron chi connectivity index (χ4n) is 0. The molecule has 0 fully saturated rings. The van der Waals surface area contributed by atoms with Gasteiger partial charge >= 0.3 is 88.5 Å². The molecule has 17 heteroatoms. The molecule has 0 saturated carbocycles. The molecule has 0 rings (SSSR count). The minimum Gasteiger partial charge on any atom is 1.00 e. The van der Waals surface area contributed by atoms with Crippen molar-refractivity contribution < 1.29 is 130 Å². The molecule has 0 aliphatic carbocycles. The number of hydrogen-bond acceptors (Lipinski definition) is 4. The van der Waals surface area contributed by atoms with Crippen LogP contribution in [0.25, 0.3) is 0 Å². The first kappa shape index (κ1) is 182. The average Bonchev–Trinajstić information content (AvgIpc) is 0.722. The Bertz CT molecular complexity index is 97.4. The molecule has 0 bridgehead atoms. The van der Waals surface area contributed by atoms with Crippen LogP contribution in [-0.4, -0.2) is 68.1 Å². The van der Waals surface area contributed by atoms with Crippen LogP contribution in [0.3, 0.4) is 0 Å². The summed E-state index contributed by atoms with van der Waals surface area (Å²) in [6, 6.07) is 0. The normalized spacial score (nSPS) is 3.41. The maximum Gasteiger partial charge on any atom is 1.00 e. The fraction of sp³-hybridized carbons (Fsp3) is 0. The summed E-state index contributed by atoms with van der Waals surface area (Å²) in [5, 5.41) is 0. The number of hydrogen-bond donors (Lipinski definition) is 0. The van der Waals surface area contributed by atoms with E-state index in [4.69, 9.17) is 16.0 Å². The van der Waals surface area contributed by atoms with Crippen LogP contribution in [0.4, 0.5) is 0 Å². The molecule has 0 saturated heterocycles. The molecule has 0 radical (unpaired) electrons. The van der Waals surface area contributed by atoms with Crippen LogP contribution < -0.4 is 67.5 Å². The summed E-state index contributed by atoms with van der Waals surface area (Å²) in [5.41, 5.74) is 0. The maximum absolute atomic E-state index is 8.59. The molecule has 0 aliphatic heterocycles. The molecule has 0 spiro atoms. The van der Waals surface area contributed by atoms with E-state index >= 15 is 0 Å². The summed E-state index contributed by atoms with van der Waals surface area (Å²) >= 11 is -5.75. The summed E-state index contributed by atoms with van der Waals surface area (Å²) in [6.07, 6.45) is 0. The Labute approximate surface area is 142 Å². The molecule has 112 valence electrons. The topological polar surface area (TPSA) is 395 Å². The van der Waals surface area contributed by atoms with Crippen molar-refractivity contribution in [2.24, 2.45) is 0 Å². The SMILES string of the molecule is O.O.O.O.O.O.O.O.O.O.O=[Se](=O)([O-])[O-].[Na+].[Na+]. The summed E-state index contributed by atoms with van der Waals surface area (Å²) in [6.45, 7) is 0. The monoisotopic (exact) mass is 370 g/mol. The van der Waals surface area contributed by atoms with Crippen molar-refractivity contribution in [3.63, 3.8) is 0 Å². The molecule has 0 aliphatic rings. The van der Waals surface area contributed by atoms with Crippen LogP contribution in [-0.2, 0) is 7.67 Å². The van der Waals surface area contributed by atoms with Crippen LogP contribution in [0.1, 0.15) is 0 Å². The molecule has 0 unspecified atom stereocenters. The van der Waals surface area contributed by atoms with E-state index in [1.165, 1.54) is 0 Å². The standard InChI is InChI=1S/2Na.H2O4Se.10H2O/c;;1-5(2,3)4;;;;;;;;;;/h;;(H2,1,2,3,4);10*1H2/q2*+1;;;;;;;;;;;/p-2. The summed E-state index contributed by atoms with van der Waals surface area (Å²) in [4.78, 5) is 0. The second-order valence-electron chi connectivity index (χ2n) is 0.408. The molecular formula is H20Na2O14Se. The van der Waals surface area contributed by atoms with Gasteiger partial charge in [-0.25, -0.2) is 0 Å². The molecule has 0 atom stereocenters. The predicted molar refractivity (Wildman–Crippen MR) is 43.3 cm³/mol. The van der Waals surface area contributed by atoms with Crippen LogP contribution in [0.5, 0.6) is 0 Å². The summed E-state index contributed by atoms with van der Waals surface area (Å²) in [7, 11) is 0. The van der Waals surface area contributed by atoms with Gasteiger partial charge in [-0.3, -0.25) is 0 Å². The Hall–Kier alpha value is 1.64. The Morgan fingerprint density at radius 2 is 0.471 bits per heavy atom. The first-order valence-corrected chi connectivity index (χ1v) is 3.46. The van der Waals surface area contributed by atoms with E-state index in [1.54, 1.807) is 0 Å². The predicted octanol–water partition coefficient (Wildman–Crippen LogP) is -17.2. The summed E-state index contributed by atoms with van der Waals surface area (Å²) < 4.78 is 34.4. The van der Waals surface area contributed by atoms with Crippen molar-refractivity contribution in [3.05, 3.63) is 0 Å². The minimum atomic E-state index is -5.75. The van der Waals surface area contributed by atoms with E-state index in [9.17, 15) is 0 Å². The Kier molecular flexibility index (Phi) is 898. The first-order valence-electron chi connectivity index (χ1n) is 0.667. The smallest absolute Gasteiger partial charge is 1.00 e. The van der Waals surface area contributed by atoms with Crippen LogP contribution in [0, 0.1) is 0 Å². The van der Waals surface area contributed by atoms with E-state index in [2.05, 4.69) is 0 Å². The third-order valence-electron chi connectivity index (χ3n) is 0. The summed E-state index contributed by atoms with van der Waals surface area (Å²) in [5.74, 6) is 0. The zero-order valence-electron chi connectivity index (χ0n) is 9.04. The third kappa shape index (κ3) is 1610. The maximum atomic E-state index is 8.59. The van der Waals surface area contributed by atoms with Crippen molar-refractivity contribution in [3.8, 4) is 0 Å². The van der Waals surface area contributed by atoms with Crippen molar-refractivity contribution in [1.29, 1.82) is 0 Å². The molecule has 14 nitrogen and oxygen atoms in total. The van der Waals surface area contributed by atoms with Crippen LogP contribution in [0.15, 0.2) is 0 Å². The molecule has 0 heterocycles. The van der Waals surface area contributed by atoms with E-state index in [0.29, 0.717) is 0 Å². The second-order valence-corrected chi connectivity index (χ2v) is 2.12. The van der Waals surface area contributed by atoms with Gasteiger partial charge in [0.25, 0.3) is 0 Å². The second kappa shape index (κ2) is 83.7. The first-order chi connectivity index (χ1) is 2.00. The van der Waals surface area contributed by atoms with Crippen molar-refractivity contribution in [2.75, 3.05) is 0 Å². The van der Waals surface area contributed by atoms with E-state index in [0.717, 1.165) is 0 Å². The minimum absolute atomic E-state index is 0. The fourth-order valence-corrected chi connectivity index (χ4v) is 0. The Morgan fingerprint density at radius 1 is 0.471 bits per heavy atom. The molecule has 20 N–H and O–H groups in total. The van der Waals surface area contributed by atoms with Gasteiger partial charge in [-0.05, 0) is 0 Å². The molecule has 0 aromatic heterocycles. The zero-order valence-corrected chi connectivity index (χ0v) is 14.8. The van der Waals surface area contributed by atoms with Gasteiger partial charge in [-0.2, -0.15) is 0 Å². The average molecular weight is 369 g/mol. The van der Waals surface area contributed by atoms with E-state index in [-0.39, 0.29) is 114 Å². The number of rotatable bonds is 0. The zero-order chi connectivity index (χ0) is 4.50. The van der Waals surface area contributed by atoms with Crippen LogP contribution in [0.2, 0.25) is 0 Å². The van der Waals surface area contributed by atoms with Crippen molar-refractivity contribution >= 4 is 13.4 Å². The van der Waals surface area contributed by atoms with Crippen molar-refractivity contribution in [2.45, 2.75) is 0 Å². The largest absolute Gasteiger partial charge is 1.00 e. The van der Waals surface area contributed by atoms with Gasteiger partial charge in [0.1, 0.15) is 0 Å². The molecule has 0 aromatic carbocycles. The van der Waals surface area contributed by atoms with Crippen LogP contribution >= 0.6 is 0 Å². The molecule has 0 amide bonds. The van der Waals surface area contributed by atoms with Gasteiger partial charge in [-0.15, -0.1) is 0 Å². The van der Waals surface area contributed by atoms with E-state index in [1.807, 2.05) is 0 Å². The quantitative estimate of drug-likeness (QED) is 0.375. The van der Waals surface area contributed by atoms with Gasteiger partial charge in [0.05, 0.1) is 0 Å². The molecular weight excluding hydrogens is 349 g/mol. The molecule has 0 aromatic rings. The Balaban J connectivity index is -0.00000000121. The van der Waals surface area contributed by atoms with E-state index < -0.39 is 13.4 Å². The molecule has 17 heavy (non-hydrogen) atoms. The third-order valence-corrected chi connectivity index (χ3v) is 0.